The molecule has 0 bridgehead atoms. The zero-order valence-electron chi connectivity index (χ0n) is 16.3. The Morgan fingerprint density at radius 3 is 2.58 bits per heavy atom. The summed E-state index contributed by atoms with van der Waals surface area (Å²) < 4.78 is 58.3. The summed E-state index contributed by atoms with van der Waals surface area (Å²) in [6, 6.07) is 10.5. The van der Waals surface area contributed by atoms with Gasteiger partial charge in [-0.05, 0) is 48.9 Å². The van der Waals surface area contributed by atoms with Gasteiger partial charge in [0.1, 0.15) is 11.6 Å². The maximum atomic E-state index is 13.8. The zero-order valence-corrected chi connectivity index (χ0v) is 16.3. The molecule has 5 nitrogen and oxygen atoms in total. The van der Waals surface area contributed by atoms with Crippen molar-refractivity contribution in [3.05, 3.63) is 77.7 Å². The third kappa shape index (κ3) is 5.58. The van der Waals surface area contributed by atoms with Crippen LogP contribution in [-0.4, -0.2) is 28.6 Å². The van der Waals surface area contributed by atoms with Crippen LogP contribution in [0.1, 0.15) is 22.8 Å². The highest BCUT2D eigenvalue weighted by Crippen LogP contribution is 2.35. The first kappa shape index (κ1) is 22.2. The van der Waals surface area contributed by atoms with Crippen molar-refractivity contribution < 1.29 is 32.2 Å². The van der Waals surface area contributed by atoms with Crippen molar-refractivity contribution in [2.45, 2.75) is 19.1 Å². The number of carbonyl (C=O) groups excluding carboxylic acids is 1. The van der Waals surface area contributed by atoms with Crippen LogP contribution in [0, 0.1) is 5.82 Å². The highest BCUT2D eigenvalue weighted by atomic mass is 19.4. The van der Waals surface area contributed by atoms with Gasteiger partial charge in [-0.25, -0.2) is 9.37 Å². The van der Waals surface area contributed by atoms with Gasteiger partial charge in [0.05, 0.1) is 17.7 Å². The second-order valence-corrected chi connectivity index (χ2v) is 6.77. The lowest BCUT2D eigenvalue weighted by molar-refractivity contribution is -0.137. The molecule has 3 rings (SSSR count). The Morgan fingerprint density at radius 2 is 1.90 bits per heavy atom. The maximum absolute atomic E-state index is 13.8. The van der Waals surface area contributed by atoms with Gasteiger partial charge in [0.2, 0.25) is 5.88 Å². The Bertz CT molecular complexity index is 1090. The topological polar surface area (TPSA) is 71.5 Å². The Kier molecular flexibility index (Phi) is 6.55. The number of alkyl halides is 3. The second-order valence-electron chi connectivity index (χ2n) is 6.77. The van der Waals surface area contributed by atoms with E-state index in [9.17, 15) is 22.4 Å². The molecule has 0 unspecified atom stereocenters. The number of aliphatic hydroxyl groups is 1. The van der Waals surface area contributed by atoms with Crippen LogP contribution in [0.25, 0.3) is 11.1 Å². The molecule has 2 N–H and O–H groups in total. The number of amides is 1. The van der Waals surface area contributed by atoms with Crippen molar-refractivity contribution in [3.63, 3.8) is 0 Å². The molecule has 3 aromatic rings. The number of halogens is 4. The summed E-state index contributed by atoms with van der Waals surface area (Å²) in [5, 5.41) is 11.7. The van der Waals surface area contributed by atoms with E-state index in [0.29, 0.717) is 5.56 Å². The van der Waals surface area contributed by atoms with Crippen LogP contribution in [0.15, 0.2) is 60.8 Å². The molecule has 1 aromatic heterocycles. The van der Waals surface area contributed by atoms with Crippen molar-refractivity contribution in [1.82, 2.24) is 10.3 Å². The lowest BCUT2D eigenvalue weighted by Crippen LogP contribution is -2.35. The fourth-order valence-corrected chi connectivity index (χ4v) is 2.72. The van der Waals surface area contributed by atoms with E-state index in [1.807, 2.05) is 0 Å². The van der Waals surface area contributed by atoms with E-state index in [0.717, 1.165) is 12.1 Å². The Labute approximate surface area is 175 Å². The van der Waals surface area contributed by atoms with Crippen LogP contribution in [0.4, 0.5) is 17.6 Å². The minimum Gasteiger partial charge on any atom is -0.438 e. The molecule has 1 atom stereocenters. The molecule has 0 fully saturated rings. The molecule has 0 saturated heterocycles. The summed E-state index contributed by atoms with van der Waals surface area (Å²) in [7, 11) is 0. The Morgan fingerprint density at radius 1 is 1.16 bits per heavy atom. The summed E-state index contributed by atoms with van der Waals surface area (Å²) in [6.45, 7) is 1.33. The predicted octanol–water partition coefficient (Wildman–Crippen LogP) is 4.81. The number of benzene rings is 2. The molecule has 9 heteroatoms. The molecule has 0 aliphatic carbocycles. The number of rotatable bonds is 6. The van der Waals surface area contributed by atoms with E-state index >= 15 is 0 Å². The second kappa shape index (κ2) is 9.13. The monoisotopic (exact) mass is 434 g/mol. The highest BCUT2D eigenvalue weighted by molar-refractivity contribution is 5.95. The number of pyridine rings is 1. The van der Waals surface area contributed by atoms with E-state index in [2.05, 4.69) is 10.3 Å². The summed E-state index contributed by atoms with van der Waals surface area (Å²) in [6.07, 6.45) is -3.37. The number of hydrogen-bond donors (Lipinski definition) is 2. The molecule has 0 spiro atoms. The van der Waals surface area contributed by atoms with Crippen LogP contribution in [0.3, 0.4) is 0 Å². The average molecular weight is 434 g/mol. The molecular formula is C22H18F4N2O3. The lowest BCUT2D eigenvalue weighted by Gasteiger charge is -2.15. The van der Waals surface area contributed by atoms with E-state index in [-0.39, 0.29) is 29.4 Å². The number of aliphatic hydroxyl groups excluding tert-OH is 1. The van der Waals surface area contributed by atoms with Crippen molar-refractivity contribution >= 4 is 5.91 Å². The molecule has 0 saturated carbocycles. The minimum atomic E-state index is -4.55. The van der Waals surface area contributed by atoms with Gasteiger partial charge in [-0.2, -0.15) is 13.2 Å². The van der Waals surface area contributed by atoms with Crippen molar-refractivity contribution in [2.24, 2.45) is 0 Å². The summed E-state index contributed by atoms with van der Waals surface area (Å²) >= 11 is 0. The van der Waals surface area contributed by atoms with Crippen molar-refractivity contribution in [3.8, 4) is 22.8 Å². The number of ether oxygens (including phenoxy) is 1. The van der Waals surface area contributed by atoms with E-state index in [1.54, 1.807) is 13.0 Å². The van der Waals surface area contributed by atoms with Gasteiger partial charge in [0.15, 0.2) is 0 Å². The van der Waals surface area contributed by atoms with E-state index in [4.69, 9.17) is 9.84 Å². The van der Waals surface area contributed by atoms with Crippen LogP contribution >= 0.6 is 0 Å². The first-order valence-electron chi connectivity index (χ1n) is 9.20. The average Bonchev–Trinajstić information content (AvgIpc) is 2.73. The smallest absolute Gasteiger partial charge is 0.416 e. The quantitative estimate of drug-likeness (QED) is 0.547. The van der Waals surface area contributed by atoms with Crippen LogP contribution in [-0.2, 0) is 6.18 Å². The fraction of sp³-hybridized carbons (Fsp3) is 0.182. The number of hydrogen-bond acceptors (Lipinski definition) is 4. The normalized spacial score (nSPS) is 12.3. The standard InChI is InChI=1S/C22H18F4N2O3/c1-13(12-29)28-20(30)15-9-19(14-4-2-6-17(23)8-14)21(27-11-15)31-18-7-3-5-16(10-18)22(24,25)26/h2-11,13,29H,12H2,1H3,(H,28,30)/t13-/m1/s1. The summed E-state index contributed by atoms with van der Waals surface area (Å²) in [4.78, 5) is 16.5. The Balaban J connectivity index is 2.02. The van der Waals surface area contributed by atoms with Crippen molar-refractivity contribution in [2.75, 3.05) is 6.61 Å². The highest BCUT2D eigenvalue weighted by Gasteiger charge is 2.30. The van der Waals surface area contributed by atoms with E-state index in [1.165, 1.54) is 42.6 Å². The minimum absolute atomic E-state index is 0.100. The lowest BCUT2D eigenvalue weighted by atomic mass is 10.0. The molecule has 0 radical (unpaired) electrons. The molecule has 1 amide bonds. The third-order valence-electron chi connectivity index (χ3n) is 4.28. The van der Waals surface area contributed by atoms with Gasteiger partial charge in [-0.1, -0.05) is 18.2 Å². The van der Waals surface area contributed by atoms with Gasteiger partial charge in [0, 0.05) is 17.8 Å². The molecule has 31 heavy (non-hydrogen) atoms. The van der Waals surface area contributed by atoms with Crippen molar-refractivity contribution in [1.29, 1.82) is 0 Å². The van der Waals surface area contributed by atoms with Gasteiger partial charge in [-0.3, -0.25) is 4.79 Å². The molecule has 162 valence electrons. The molecule has 2 aromatic carbocycles. The number of carbonyl (C=O) groups is 1. The van der Waals surface area contributed by atoms with Crippen LogP contribution in [0.2, 0.25) is 0 Å². The molecule has 1 heterocycles. The SMILES string of the molecule is C[C@H](CO)NC(=O)c1cnc(Oc2cccc(C(F)(F)F)c2)c(-c2cccc(F)c2)c1. The van der Waals surface area contributed by atoms with Gasteiger partial charge >= 0.3 is 6.18 Å². The fourth-order valence-electron chi connectivity index (χ4n) is 2.72. The van der Waals surface area contributed by atoms with Gasteiger partial charge < -0.3 is 15.2 Å². The molecule has 0 aliphatic rings. The summed E-state index contributed by atoms with van der Waals surface area (Å²) in [5.74, 6) is -1.30. The van der Waals surface area contributed by atoms with Gasteiger partial charge in [-0.15, -0.1) is 0 Å². The number of aromatic nitrogens is 1. The third-order valence-corrected chi connectivity index (χ3v) is 4.28. The predicted molar refractivity (Wildman–Crippen MR) is 105 cm³/mol. The molecule has 0 aliphatic heterocycles. The van der Waals surface area contributed by atoms with Gasteiger partial charge in [0.25, 0.3) is 5.91 Å². The number of nitrogens with zero attached hydrogens (tertiary/aromatic N) is 1. The first-order valence-corrected chi connectivity index (χ1v) is 9.20. The summed E-state index contributed by atoms with van der Waals surface area (Å²) in [5.41, 5.74) is -0.261. The van der Waals surface area contributed by atoms with Crippen LogP contribution < -0.4 is 10.1 Å². The van der Waals surface area contributed by atoms with Crippen LogP contribution in [0.5, 0.6) is 11.6 Å². The largest absolute Gasteiger partial charge is 0.438 e. The molecular weight excluding hydrogens is 416 g/mol. The Hall–Kier alpha value is -3.46. The number of nitrogens with one attached hydrogen (secondary N) is 1. The van der Waals surface area contributed by atoms with E-state index < -0.39 is 29.5 Å². The maximum Gasteiger partial charge on any atom is 0.416 e. The zero-order chi connectivity index (χ0) is 22.6. The first-order chi connectivity index (χ1) is 14.7.